The third-order valence-electron chi connectivity index (χ3n) is 1.02. The molecule has 0 aliphatic heterocycles. The molecular weight excluding hydrogens is 195 g/mol. The van der Waals surface area contributed by atoms with E-state index in [0.717, 1.165) is 0 Å². The molecule has 0 aromatic heterocycles. The van der Waals surface area contributed by atoms with Crippen molar-refractivity contribution in [2.75, 3.05) is 0 Å². The molecule has 76 valence electrons. The molecule has 3 heteroatoms. The van der Waals surface area contributed by atoms with Crippen LogP contribution in [0.5, 0.6) is 0 Å². The molecule has 0 aromatic carbocycles. The molecular formula is C10H21BS2. The molecule has 0 nitrogen and oxygen atoms in total. The van der Waals surface area contributed by atoms with Crippen LogP contribution in [-0.2, 0) is 0 Å². The fraction of sp³-hybridized carbons (Fsp3) is 1.00. The standard InChI is InChI=1S/C10H21BS2/c1-8(2,3)12-10(7,11)13-9(4,5)6/h1-7H3. The van der Waals surface area contributed by atoms with Crippen molar-refractivity contribution in [1.82, 2.24) is 0 Å². The fourth-order valence-corrected chi connectivity index (χ4v) is 5.34. The molecule has 0 bridgehead atoms. The Balaban J connectivity index is 4.25. The first-order chi connectivity index (χ1) is 5.41. The van der Waals surface area contributed by atoms with Gasteiger partial charge in [-0.3, -0.25) is 0 Å². The quantitative estimate of drug-likeness (QED) is 0.507. The minimum absolute atomic E-state index is 0.198. The third-order valence-corrected chi connectivity index (χ3v) is 3.55. The van der Waals surface area contributed by atoms with Crippen LogP contribution in [0.3, 0.4) is 0 Å². The fourth-order valence-electron chi connectivity index (χ4n) is 1.24. The van der Waals surface area contributed by atoms with Gasteiger partial charge in [0, 0.05) is 13.5 Å². The summed E-state index contributed by atoms with van der Waals surface area (Å²) in [4.78, 5) is 0. The van der Waals surface area contributed by atoms with Crippen LogP contribution in [0.1, 0.15) is 48.5 Å². The van der Waals surface area contributed by atoms with Crippen LogP contribution in [-0.4, -0.2) is 21.3 Å². The van der Waals surface area contributed by atoms with Gasteiger partial charge in [-0.2, -0.15) is 0 Å². The van der Waals surface area contributed by atoms with Crippen LogP contribution in [0, 0.1) is 0 Å². The summed E-state index contributed by atoms with van der Waals surface area (Å²) in [7, 11) is 6.21. The Labute approximate surface area is 93.4 Å². The lowest BCUT2D eigenvalue weighted by atomic mass is 10.1. The van der Waals surface area contributed by atoms with Crippen LogP contribution < -0.4 is 0 Å². The van der Waals surface area contributed by atoms with Gasteiger partial charge in [-0.05, 0) is 6.92 Å². The van der Waals surface area contributed by atoms with Gasteiger partial charge in [-0.15, -0.1) is 23.5 Å². The Kier molecular flexibility index (Phi) is 4.34. The van der Waals surface area contributed by atoms with Gasteiger partial charge < -0.3 is 0 Å². The molecule has 0 unspecified atom stereocenters. The Morgan fingerprint density at radius 2 is 0.923 bits per heavy atom. The summed E-state index contributed by atoms with van der Waals surface area (Å²) in [6, 6.07) is 0. The minimum atomic E-state index is -0.198. The largest absolute Gasteiger partial charge is 0.149 e. The lowest BCUT2D eigenvalue weighted by Gasteiger charge is -2.36. The number of hydrogen-bond acceptors (Lipinski definition) is 2. The Bertz CT molecular complexity index is 145. The summed E-state index contributed by atoms with van der Waals surface area (Å²) < 4.78 is 0.250. The van der Waals surface area contributed by atoms with Crippen LogP contribution in [0.2, 0.25) is 0 Å². The molecule has 0 N–H and O–H groups in total. The van der Waals surface area contributed by atoms with Gasteiger partial charge in [0.05, 0.1) is 0 Å². The van der Waals surface area contributed by atoms with Gasteiger partial charge in [0.1, 0.15) is 7.85 Å². The van der Waals surface area contributed by atoms with E-state index in [-0.39, 0.29) is 13.5 Å². The molecule has 2 radical (unpaired) electrons. The highest BCUT2D eigenvalue weighted by Gasteiger charge is 2.30. The predicted molar refractivity (Wildman–Crippen MR) is 68.8 cm³/mol. The molecule has 0 aliphatic carbocycles. The Morgan fingerprint density at radius 3 is 1.08 bits per heavy atom. The summed E-state index contributed by atoms with van der Waals surface area (Å²) in [5, 5.41) is 0. The number of hydrogen-bond donors (Lipinski definition) is 0. The molecule has 0 amide bonds. The van der Waals surface area contributed by atoms with Crippen molar-refractivity contribution in [3.63, 3.8) is 0 Å². The lowest BCUT2D eigenvalue weighted by molar-refractivity contribution is 0.788. The highest BCUT2D eigenvalue weighted by Crippen LogP contribution is 2.46. The third kappa shape index (κ3) is 9.08. The van der Waals surface area contributed by atoms with Gasteiger partial charge in [0.25, 0.3) is 0 Å². The molecule has 0 saturated carbocycles. The highest BCUT2D eigenvalue weighted by molar-refractivity contribution is 8.20. The molecule has 0 fully saturated rings. The van der Waals surface area contributed by atoms with Crippen molar-refractivity contribution in [1.29, 1.82) is 0 Å². The molecule has 0 rings (SSSR count). The van der Waals surface area contributed by atoms with E-state index < -0.39 is 0 Å². The number of rotatable bonds is 2. The molecule has 0 spiro atoms. The lowest BCUT2D eigenvalue weighted by Crippen LogP contribution is -2.28. The molecule has 0 atom stereocenters. The summed E-state index contributed by atoms with van der Waals surface area (Å²) in [5.41, 5.74) is 0. The first-order valence-corrected chi connectivity index (χ1v) is 6.24. The van der Waals surface area contributed by atoms with Gasteiger partial charge in [0.15, 0.2) is 0 Å². The summed E-state index contributed by atoms with van der Waals surface area (Å²) in [6.07, 6.45) is 0. The van der Waals surface area contributed by atoms with Gasteiger partial charge >= 0.3 is 0 Å². The van der Waals surface area contributed by atoms with E-state index in [0.29, 0.717) is 0 Å². The molecule has 0 aromatic rings. The maximum Gasteiger partial charge on any atom is 0.104 e. The van der Waals surface area contributed by atoms with Crippen molar-refractivity contribution < 1.29 is 0 Å². The summed E-state index contributed by atoms with van der Waals surface area (Å²) in [5.74, 6) is 0. The van der Waals surface area contributed by atoms with Crippen molar-refractivity contribution >= 4 is 31.4 Å². The minimum Gasteiger partial charge on any atom is -0.149 e. The van der Waals surface area contributed by atoms with Crippen LogP contribution in [0.25, 0.3) is 0 Å². The normalized spacial score (nSPS) is 14.7. The molecule has 0 aliphatic rings. The molecule has 13 heavy (non-hydrogen) atoms. The van der Waals surface area contributed by atoms with E-state index in [1.807, 2.05) is 23.5 Å². The van der Waals surface area contributed by atoms with Crippen molar-refractivity contribution in [2.45, 2.75) is 61.9 Å². The predicted octanol–water partition coefficient (Wildman–Crippen LogP) is 3.89. The van der Waals surface area contributed by atoms with Crippen LogP contribution >= 0.6 is 23.5 Å². The zero-order valence-corrected chi connectivity index (χ0v) is 11.5. The van der Waals surface area contributed by atoms with Crippen molar-refractivity contribution in [2.24, 2.45) is 0 Å². The molecule has 0 heterocycles. The molecule has 0 saturated heterocycles. The summed E-state index contributed by atoms with van der Waals surface area (Å²) >= 11 is 3.65. The second-order valence-corrected chi connectivity index (χ2v) is 10.3. The monoisotopic (exact) mass is 216 g/mol. The van der Waals surface area contributed by atoms with Crippen molar-refractivity contribution in [3.8, 4) is 0 Å². The first-order valence-electron chi connectivity index (χ1n) is 4.61. The Morgan fingerprint density at radius 1 is 0.692 bits per heavy atom. The summed E-state index contributed by atoms with van der Waals surface area (Å²) in [6.45, 7) is 15.3. The van der Waals surface area contributed by atoms with E-state index in [1.165, 1.54) is 0 Å². The highest BCUT2D eigenvalue weighted by atomic mass is 32.2. The second kappa shape index (κ2) is 4.10. The van der Waals surface area contributed by atoms with Crippen LogP contribution in [0.15, 0.2) is 0 Å². The van der Waals surface area contributed by atoms with Crippen molar-refractivity contribution in [3.05, 3.63) is 0 Å². The topological polar surface area (TPSA) is 0 Å². The maximum atomic E-state index is 6.21. The smallest absolute Gasteiger partial charge is 0.104 e. The second-order valence-electron chi connectivity index (χ2n) is 5.44. The average molecular weight is 216 g/mol. The maximum absolute atomic E-state index is 6.21. The first kappa shape index (κ1) is 13.8. The van der Waals surface area contributed by atoms with E-state index in [9.17, 15) is 0 Å². The van der Waals surface area contributed by atoms with E-state index >= 15 is 0 Å². The number of thioether (sulfide) groups is 2. The van der Waals surface area contributed by atoms with E-state index in [4.69, 9.17) is 7.85 Å². The van der Waals surface area contributed by atoms with Gasteiger partial charge in [-0.1, -0.05) is 41.5 Å². The average Bonchev–Trinajstić information content (AvgIpc) is 1.43. The van der Waals surface area contributed by atoms with Crippen LogP contribution in [0.4, 0.5) is 0 Å². The zero-order chi connectivity index (χ0) is 10.9. The van der Waals surface area contributed by atoms with E-state index in [2.05, 4.69) is 48.5 Å². The Hall–Kier alpha value is 0.765. The van der Waals surface area contributed by atoms with Gasteiger partial charge in [-0.25, -0.2) is 0 Å². The zero-order valence-electron chi connectivity index (χ0n) is 9.89. The SMILES string of the molecule is [B]C(C)(SC(C)(C)C)SC(C)(C)C. The van der Waals surface area contributed by atoms with Gasteiger partial charge in [0.2, 0.25) is 0 Å². The van der Waals surface area contributed by atoms with E-state index in [1.54, 1.807) is 0 Å².